The van der Waals surface area contributed by atoms with Crippen molar-refractivity contribution in [3.05, 3.63) is 35.9 Å². The van der Waals surface area contributed by atoms with E-state index >= 15 is 0 Å². The third-order valence-electron chi connectivity index (χ3n) is 3.90. The van der Waals surface area contributed by atoms with Gasteiger partial charge in [-0.05, 0) is 44.3 Å². The molecular formula is C17H25N3. The van der Waals surface area contributed by atoms with Crippen molar-refractivity contribution in [2.45, 2.75) is 44.7 Å². The van der Waals surface area contributed by atoms with E-state index in [9.17, 15) is 0 Å². The molecule has 1 N–H and O–H groups in total. The van der Waals surface area contributed by atoms with E-state index in [4.69, 9.17) is 5.26 Å². The fraction of sp³-hybridized carbons (Fsp3) is 0.588. The highest BCUT2D eigenvalue weighted by Crippen LogP contribution is 2.13. The number of hydrogen-bond acceptors (Lipinski definition) is 3. The minimum atomic E-state index is 0.620. The molecule has 1 fully saturated rings. The molecule has 3 heteroatoms. The molecule has 0 bridgehead atoms. The Kier molecular flexibility index (Phi) is 6.56. The number of nitrogens with one attached hydrogen (secondary N) is 1. The first kappa shape index (κ1) is 15.0. The third-order valence-corrected chi connectivity index (χ3v) is 3.90. The quantitative estimate of drug-likeness (QED) is 0.775. The van der Waals surface area contributed by atoms with Crippen LogP contribution in [0.1, 0.15) is 37.7 Å². The normalized spacial score (nSPS) is 19.6. The molecule has 20 heavy (non-hydrogen) atoms. The number of nitrogens with zero attached hydrogens (tertiary/aromatic N) is 2. The molecule has 3 nitrogen and oxygen atoms in total. The number of hydrogen-bond donors (Lipinski definition) is 1. The number of unbranched alkanes of at least 4 members (excludes halogenated alkanes) is 2. The Hall–Kier alpha value is -1.37. The zero-order valence-electron chi connectivity index (χ0n) is 12.2. The summed E-state index contributed by atoms with van der Waals surface area (Å²) in [5, 5.41) is 12.2. The summed E-state index contributed by atoms with van der Waals surface area (Å²) in [4.78, 5) is 2.55. The third kappa shape index (κ3) is 5.32. The van der Waals surface area contributed by atoms with E-state index in [0.29, 0.717) is 12.5 Å². The summed E-state index contributed by atoms with van der Waals surface area (Å²) in [6.45, 7) is 4.47. The zero-order valence-corrected chi connectivity index (χ0v) is 12.2. The first-order chi connectivity index (χ1) is 9.88. The highest BCUT2D eigenvalue weighted by molar-refractivity contribution is 5.14. The molecule has 0 saturated carbocycles. The van der Waals surface area contributed by atoms with E-state index in [1.165, 1.54) is 24.9 Å². The van der Waals surface area contributed by atoms with Gasteiger partial charge in [-0.3, -0.25) is 4.90 Å². The Morgan fingerprint density at radius 1 is 1.25 bits per heavy atom. The second kappa shape index (κ2) is 8.73. The van der Waals surface area contributed by atoms with Crippen LogP contribution in [-0.4, -0.2) is 30.6 Å². The molecule has 1 unspecified atom stereocenters. The topological polar surface area (TPSA) is 39.1 Å². The average Bonchev–Trinajstić information content (AvgIpc) is 2.48. The van der Waals surface area contributed by atoms with Crippen molar-refractivity contribution in [3.8, 4) is 6.07 Å². The van der Waals surface area contributed by atoms with Gasteiger partial charge in [0.15, 0.2) is 0 Å². The summed E-state index contributed by atoms with van der Waals surface area (Å²) in [6.07, 6.45) is 5.38. The van der Waals surface area contributed by atoms with Crippen LogP contribution in [0.5, 0.6) is 0 Å². The first-order valence-electron chi connectivity index (χ1n) is 7.75. The Bertz CT molecular complexity index is 410. The zero-order chi connectivity index (χ0) is 14.0. The van der Waals surface area contributed by atoms with Gasteiger partial charge >= 0.3 is 0 Å². The lowest BCUT2D eigenvalue weighted by Gasteiger charge is -2.33. The van der Waals surface area contributed by atoms with Crippen LogP contribution in [0.3, 0.4) is 0 Å². The van der Waals surface area contributed by atoms with E-state index < -0.39 is 0 Å². The second-order valence-electron chi connectivity index (χ2n) is 5.63. The van der Waals surface area contributed by atoms with Gasteiger partial charge < -0.3 is 5.32 Å². The fourth-order valence-corrected chi connectivity index (χ4v) is 2.84. The molecule has 2 rings (SSSR count). The Morgan fingerprint density at radius 3 is 2.90 bits per heavy atom. The average molecular weight is 271 g/mol. The predicted octanol–water partition coefficient (Wildman–Crippen LogP) is 2.93. The lowest BCUT2D eigenvalue weighted by Crippen LogP contribution is -2.45. The monoisotopic (exact) mass is 271 g/mol. The van der Waals surface area contributed by atoms with Crippen LogP contribution in [0.4, 0.5) is 0 Å². The standard InChI is InChI=1S/C17H25N3/c18-11-5-2-6-12-19-17-10-7-13-20(15-17)14-16-8-3-1-4-9-16/h1,3-4,8-9,17,19H,2,5-7,10,12-15H2. The molecule has 0 spiro atoms. The van der Waals surface area contributed by atoms with E-state index in [2.05, 4.69) is 46.6 Å². The van der Waals surface area contributed by atoms with Gasteiger partial charge in [0.05, 0.1) is 6.07 Å². The van der Waals surface area contributed by atoms with Gasteiger partial charge in [-0.15, -0.1) is 0 Å². The van der Waals surface area contributed by atoms with Crippen molar-refractivity contribution in [2.24, 2.45) is 0 Å². The minimum absolute atomic E-state index is 0.620. The number of likely N-dealkylation sites (tertiary alicyclic amines) is 1. The Balaban J connectivity index is 1.68. The smallest absolute Gasteiger partial charge is 0.0621 e. The van der Waals surface area contributed by atoms with Gasteiger partial charge in [0, 0.05) is 25.6 Å². The van der Waals surface area contributed by atoms with Crippen LogP contribution in [0.15, 0.2) is 30.3 Å². The molecule has 0 aliphatic carbocycles. The maximum absolute atomic E-state index is 8.51. The molecular weight excluding hydrogens is 246 g/mol. The SMILES string of the molecule is N#CCCCCNC1CCCN(Cc2ccccc2)C1. The number of rotatable bonds is 7. The molecule has 1 saturated heterocycles. The van der Waals surface area contributed by atoms with Crippen molar-refractivity contribution in [1.82, 2.24) is 10.2 Å². The van der Waals surface area contributed by atoms with Crippen molar-refractivity contribution in [1.29, 1.82) is 5.26 Å². The van der Waals surface area contributed by atoms with Crippen LogP contribution < -0.4 is 5.32 Å². The highest BCUT2D eigenvalue weighted by atomic mass is 15.2. The van der Waals surface area contributed by atoms with Crippen LogP contribution in [0, 0.1) is 11.3 Å². The molecule has 1 aromatic rings. The lowest BCUT2D eigenvalue weighted by atomic mass is 10.0. The summed E-state index contributed by atoms with van der Waals surface area (Å²) in [5.74, 6) is 0. The maximum atomic E-state index is 8.51. The number of benzene rings is 1. The van der Waals surface area contributed by atoms with Gasteiger partial charge in [0.2, 0.25) is 0 Å². The van der Waals surface area contributed by atoms with Crippen LogP contribution in [-0.2, 0) is 6.54 Å². The van der Waals surface area contributed by atoms with Crippen LogP contribution >= 0.6 is 0 Å². The molecule has 0 aromatic heterocycles. The van der Waals surface area contributed by atoms with Gasteiger partial charge in [-0.25, -0.2) is 0 Å². The van der Waals surface area contributed by atoms with Gasteiger partial charge in [-0.1, -0.05) is 30.3 Å². The van der Waals surface area contributed by atoms with Crippen molar-refractivity contribution < 1.29 is 0 Å². The molecule has 1 atom stereocenters. The van der Waals surface area contributed by atoms with Crippen molar-refractivity contribution >= 4 is 0 Å². The van der Waals surface area contributed by atoms with Crippen molar-refractivity contribution in [2.75, 3.05) is 19.6 Å². The Morgan fingerprint density at radius 2 is 2.10 bits per heavy atom. The van der Waals surface area contributed by atoms with E-state index in [0.717, 1.165) is 32.5 Å². The number of nitriles is 1. The highest BCUT2D eigenvalue weighted by Gasteiger charge is 2.18. The first-order valence-corrected chi connectivity index (χ1v) is 7.75. The largest absolute Gasteiger partial charge is 0.313 e. The summed E-state index contributed by atoms with van der Waals surface area (Å²) in [7, 11) is 0. The Labute approximate surface area is 122 Å². The van der Waals surface area contributed by atoms with E-state index in [1.54, 1.807) is 0 Å². The predicted molar refractivity (Wildman–Crippen MR) is 82.2 cm³/mol. The summed E-state index contributed by atoms with van der Waals surface area (Å²) in [6, 6.07) is 13.5. The van der Waals surface area contributed by atoms with Gasteiger partial charge in [0.25, 0.3) is 0 Å². The lowest BCUT2D eigenvalue weighted by molar-refractivity contribution is 0.183. The minimum Gasteiger partial charge on any atom is -0.313 e. The van der Waals surface area contributed by atoms with Crippen molar-refractivity contribution in [3.63, 3.8) is 0 Å². The van der Waals surface area contributed by atoms with Gasteiger partial charge in [-0.2, -0.15) is 5.26 Å². The fourth-order valence-electron chi connectivity index (χ4n) is 2.84. The maximum Gasteiger partial charge on any atom is 0.0621 e. The molecule has 108 valence electrons. The van der Waals surface area contributed by atoms with Crippen LogP contribution in [0.25, 0.3) is 0 Å². The second-order valence-corrected chi connectivity index (χ2v) is 5.63. The molecule has 1 aromatic carbocycles. The molecule has 1 aliphatic heterocycles. The van der Waals surface area contributed by atoms with Crippen LogP contribution in [0.2, 0.25) is 0 Å². The molecule has 0 amide bonds. The molecule has 1 heterocycles. The van der Waals surface area contributed by atoms with Gasteiger partial charge in [0.1, 0.15) is 0 Å². The molecule has 1 aliphatic rings. The summed E-state index contributed by atoms with van der Waals surface area (Å²) in [5.41, 5.74) is 1.40. The number of piperidine rings is 1. The summed E-state index contributed by atoms with van der Waals surface area (Å²) >= 11 is 0. The molecule has 0 radical (unpaired) electrons. The summed E-state index contributed by atoms with van der Waals surface area (Å²) < 4.78 is 0. The van der Waals surface area contributed by atoms with E-state index in [1.807, 2.05) is 0 Å². The van der Waals surface area contributed by atoms with E-state index in [-0.39, 0.29) is 0 Å².